The minimum absolute atomic E-state index is 0. The molecule has 6 aromatic rings. The van der Waals surface area contributed by atoms with Crippen molar-refractivity contribution in [1.82, 2.24) is 0 Å². The number of hydrogen-bond donors (Lipinski definition) is 0. The van der Waals surface area contributed by atoms with E-state index >= 15 is 0 Å². The van der Waals surface area contributed by atoms with Gasteiger partial charge in [-0.2, -0.15) is 12.1 Å². The average molecular weight is 701 g/mol. The monoisotopic (exact) mass is 698 g/mol. The van der Waals surface area contributed by atoms with Crippen molar-refractivity contribution in [3.8, 4) is 22.3 Å². The first-order valence-electron chi connectivity index (χ1n) is 14.6. The summed E-state index contributed by atoms with van der Waals surface area (Å²) >= 11 is 1.74. The molecule has 0 aliphatic rings. The Morgan fingerprint density at radius 2 is 1.28 bits per heavy atom. The van der Waals surface area contributed by atoms with Gasteiger partial charge >= 0.3 is 41.9 Å². The maximum absolute atomic E-state index is 2.34. The molecule has 6 rings (SSSR count). The molecule has 0 fully saturated rings. The van der Waals surface area contributed by atoms with Crippen molar-refractivity contribution in [3.63, 3.8) is 0 Å². The summed E-state index contributed by atoms with van der Waals surface area (Å²) in [5.41, 5.74) is 12.3. The summed E-state index contributed by atoms with van der Waals surface area (Å²) in [7, 11) is 0. The van der Waals surface area contributed by atoms with Gasteiger partial charge in [-0.1, -0.05) is 105 Å². The van der Waals surface area contributed by atoms with Crippen LogP contribution in [0.2, 0.25) is 13.1 Å². The number of aryl methyl sites for hydroxylation is 4. The molecular formula is C39H42Cl2SiZr-2. The van der Waals surface area contributed by atoms with Crippen molar-refractivity contribution in [1.29, 1.82) is 0 Å². The van der Waals surface area contributed by atoms with Gasteiger partial charge < -0.3 is 24.8 Å². The van der Waals surface area contributed by atoms with E-state index in [1.807, 2.05) is 0 Å². The van der Waals surface area contributed by atoms with Crippen LogP contribution in [0.1, 0.15) is 47.6 Å². The van der Waals surface area contributed by atoms with Crippen LogP contribution in [0.5, 0.6) is 0 Å². The van der Waals surface area contributed by atoms with E-state index in [1.54, 1.807) is 23.3 Å². The van der Waals surface area contributed by atoms with Crippen LogP contribution in [0.4, 0.5) is 0 Å². The van der Waals surface area contributed by atoms with E-state index in [1.165, 1.54) is 71.6 Å². The molecule has 0 nitrogen and oxygen atoms in total. The van der Waals surface area contributed by atoms with Crippen molar-refractivity contribution < 1.29 is 48.1 Å². The molecule has 0 aliphatic carbocycles. The first kappa shape index (κ1) is 37.0. The molecule has 0 spiro atoms. The Morgan fingerprint density at radius 3 is 1.91 bits per heavy atom. The summed E-state index contributed by atoms with van der Waals surface area (Å²) < 4.78 is 0. The zero-order chi connectivity index (χ0) is 29.7. The van der Waals surface area contributed by atoms with E-state index in [0.29, 0.717) is 5.92 Å². The van der Waals surface area contributed by atoms with Crippen molar-refractivity contribution >= 4 is 27.0 Å². The number of halogens is 2. The molecule has 222 valence electrons. The fourth-order valence-electron chi connectivity index (χ4n) is 5.40. The zero-order valence-electron chi connectivity index (χ0n) is 26.6. The van der Waals surface area contributed by atoms with Gasteiger partial charge in [-0.15, -0.1) is 68.6 Å². The second kappa shape index (κ2) is 16.7. The molecule has 43 heavy (non-hydrogen) atoms. The van der Waals surface area contributed by atoms with Crippen molar-refractivity contribution in [2.75, 3.05) is 0 Å². The van der Waals surface area contributed by atoms with Crippen LogP contribution in [0.15, 0.2) is 103 Å². The van der Waals surface area contributed by atoms with E-state index < -0.39 is 0 Å². The minimum Gasteiger partial charge on any atom is -1.00 e. The molecule has 0 heterocycles. The Hall–Kier alpha value is -2.22. The van der Waals surface area contributed by atoms with Crippen LogP contribution in [0, 0.1) is 27.7 Å². The van der Waals surface area contributed by atoms with Crippen molar-refractivity contribution in [2.24, 2.45) is 0 Å². The number of fused-ring (bicyclic) bond motifs is 2. The Kier molecular flexibility index (Phi) is 14.4. The third-order valence-corrected chi connectivity index (χ3v) is 7.45. The zero-order valence-corrected chi connectivity index (χ0v) is 31.6. The summed E-state index contributed by atoms with van der Waals surface area (Å²) in [5.74, 6) is 0.584. The van der Waals surface area contributed by atoms with E-state index in [9.17, 15) is 0 Å². The van der Waals surface area contributed by atoms with Gasteiger partial charge in [0.15, 0.2) is 0 Å². The fraction of sp³-hybridized carbons (Fsp3) is 0.231. The molecule has 0 atom stereocenters. The first-order chi connectivity index (χ1) is 19.5. The summed E-state index contributed by atoms with van der Waals surface area (Å²) in [6.07, 6.45) is 0. The Morgan fingerprint density at radius 1 is 0.628 bits per heavy atom. The molecule has 0 saturated carbocycles. The third kappa shape index (κ3) is 9.39. The summed E-state index contributed by atoms with van der Waals surface area (Å²) in [5, 5.41) is 5.48. The predicted octanol–water partition coefficient (Wildman–Crippen LogP) is 5.60. The van der Waals surface area contributed by atoms with Gasteiger partial charge in [0, 0.05) is 0 Å². The van der Waals surface area contributed by atoms with Gasteiger partial charge in [0.25, 0.3) is 0 Å². The van der Waals surface area contributed by atoms with Crippen LogP contribution in [-0.2, 0) is 23.3 Å². The molecule has 0 N–H and O–H groups in total. The molecule has 0 bridgehead atoms. The normalized spacial score (nSPS) is 10.3. The van der Waals surface area contributed by atoms with Crippen molar-refractivity contribution in [3.05, 3.63) is 131 Å². The maximum Gasteiger partial charge on any atom is -0.0249 e. The van der Waals surface area contributed by atoms with Gasteiger partial charge in [0.05, 0.1) is 0 Å². The molecule has 0 radical (unpaired) electrons. The van der Waals surface area contributed by atoms with Gasteiger partial charge in [0.1, 0.15) is 0 Å². The number of hydrogen-bond acceptors (Lipinski definition) is 0. The van der Waals surface area contributed by atoms with E-state index in [4.69, 9.17) is 0 Å². The largest absolute Gasteiger partial charge is 1.00 e. The average Bonchev–Trinajstić information content (AvgIpc) is 3.54. The van der Waals surface area contributed by atoms with Gasteiger partial charge in [0.2, 0.25) is 0 Å². The Balaban J connectivity index is 0.000000257. The second-order valence-electron chi connectivity index (χ2n) is 11.7. The summed E-state index contributed by atoms with van der Waals surface area (Å²) in [6, 6.07) is 37.6. The molecule has 0 aliphatic heterocycles. The van der Waals surface area contributed by atoms with Crippen LogP contribution >= 0.6 is 0 Å². The van der Waals surface area contributed by atoms with Gasteiger partial charge in [-0.3, -0.25) is 0 Å². The fourth-order valence-corrected chi connectivity index (χ4v) is 5.40. The van der Waals surface area contributed by atoms with Crippen LogP contribution < -0.4 is 24.8 Å². The molecule has 0 unspecified atom stereocenters. The summed E-state index contributed by atoms with van der Waals surface area (Å²) in [4.78, 5) is 0. The summed E-state index contributed by atoms with van der Waals surface area (Å²) in [6.45, 7) is 17.8. The molecule has 0 saturated heterocycles. The Bertz CT molecular complexity index is 1790. The standard InChI is InChI=1S/C19H19.C18H17.C2H6Si.2ClH.Zr/c1-12-5-7-16(15(4)9-12)17-8-6-14(3)18-10-13(2)11-19(17)18;1-13(2)16-11-15-9-6-10-17(18(15)12-16)14-7-4-3-5-8-14;1-3-2;;;/h5-11H,1-4H3;3-13H,1-2H3;1-2H3;2*1H;/q2*-1;;;;+2/p-2. The topological polar surface area (TPSA) is 0 Å². The number of rotatable bonds is 3. The van der Waals surface area contributed by atoms with Crippen molar-refractivity contribution in [2.45, 2.75) is 60.6 Å². The molecule has 0 amide bonds. The first-order valence-corrected chi connectivity index (χ1v) is 20.7. The van der Waals surface area contributed by atoms with E-state index in [0.717, 1.165) is 0 Å². The smallest absolute Gasteiger partial charge is 0.0249 e. The minimum atomic E-state index is 0. The molecule has 4 heteroatoms. The van der Waals surface area contributed by atoms with E-state index in [2.05, 4.69) is 158 Å². The molecular weight excluding hydrogens is 659 g/mol. The van der Waals surface area contributed by atoms with Gasteiger partial charge in [-0.25, -0.2) is 0 Å². The van der Waals surface area contributed by atoms with Gasteiger partial charge in [-0.05, 0) is 36.5 Å². The van der Waals surface area contributed by atoms with Crippen LogP contribution in [0.3, 0.4) is 0 Å². The molecule has 6 aromatic carbocycles. The van der Waals surface area contributed by atoms with Crippen LogP contribution in [-0.4, -0.2) is 5.43 Å². The maximum atomic E-state index is 2.34. The van der Waals surface area contributed by atoms with E-state index in [-0.39, 0.29) is 30.2 Å². The predicted molar refractivity (Wildman–Crippen MR) is 180 cm³/mol. The molecule has 0 aromatic heterocycles. The SMILES string of the molecule is CC(C)c1cc2c(-c3ccccc3)cccc2[cH-]1.C[Si](C)=[Zr+2].Cc1ccc(-c2ccc(C)c3[cH-]c(C)cc23)c(C)c1.[Cl-].[Cl-]. The second-order valence-corrected chi connectivity index (χ2v) is 21.1. The third-order valence-electron chi connectivity index (χ3n) is 7.45. The quantitative estimate of drug-likeness (QED) is 0.167. The number of benzene rings is 4. The Labute approximate surface area is 286 Å². The van der Waals surface area contributed by atoms with Crippen LogP contribution in [0.25, 0.3) is 43.8 Å².